The SMILES string of the molecule is Cc1nn(-c2ccccn2)c2c1C(=O)C(=O)C(C)(C)C2Br. The van der Waals surface area contributed by atoms with Crippen LogP contribution in [0.15, 0.2) is 24.4 Å². The third-order valence-corrected chi connectivity index (χ3v) is 5.43. The fourth-order valence-corrected chi connectivity index (χ4v) is 3.21. The highest BCUT2D eigenvalue weighted by atomic mass is 79.9. The molecular weight excluding hydrogens is 334 g/mol. The lowest BCUT2D eigenvalue weighted by Crippen LogP contribution is -2.40. The lowest BCUT2D eigenvalue weighted by Gasteiger charge is -2.32. The Hall–Kier alpha value is -1.82. The lowest BCUT2D eigenvalue weighted by molar-refractivity contribution is -0.123. The summed E-state index contributed by atoms with van der Waals surface area (Å²) in [5.74, 6) is -0.227. The predicted octanol–water partition coefficient (Wildman–Crippen LogP) is 2.80. The van der Waals surface area contributed by atoms with E-state index in [1.54, 1.807) is 31.6 Å². The van der Waals surface area contributed by atoms with Crippen molar-refractivity contribution >= 4 is 27.5 Å². The summed E-state index contributed by atoms with van der Waals surface area (Å²) in [7, 11) is 0. The highest BCUT2D eigenvalue weighted by molar-refractivity contribution is 9.09. The van der Waals surface area contributed by atoms with E-state index >= 15 is 0 Å². The molecule has 3 rings (SSSR count). The van der Waals surface area contributed by atoms with Crippen LogP contribution in [-0.4, -0.2) is 26.3 Å². The van der Waals surface area contributed by atoms with Crippen molar-refractivity contribution in [2.24, 2.45) is 5.41 Å². The third kappa shape index (κ3) is 1.89. The minimum absolute atomic E-state index is 0.298. The van der Waals surface area contributed by atoms with Crippen molar-refractivity contribution in [1.82, 2.24) is 14.8 Å². The Kier molecular flexibility index (Phi) is 3.09. The van der Waals surface area contributed by atoms with Crippen LogP contribution in [0, 0.1) is 12.3 Å². The number of rotatable bonds is 1. The van der Waals surface area contributed by atoms with Crippen LogP contribution in [-0.2, 0) is 4.79 Å². The standard InChI is InChI=1S/C15H14BrN3O2/c1-8-10-11(13(16)15(2,3)14(21)12(10)20)19(18-8)9-6-4-5-7-17-9/h4-7,13H,1-3H3. The largest absolute Gasteiger partial charge is 0.290 e. The molecule has 0 saturated carbocycles. The number of fused-ring (bicyclic) bond motifs is 1. The number of carbonyl (C=O) groups excluding carboxylic acids is 2. The fourth-order valence-electron chi connectivity index (χ4n) is 2.58. The van der Waals surface area contributed by atoms with Gasteiger partial charge in [0, 0.05) is 11.6 Å². The Bertz CT molecular complexity index is 750. The molecule has 1 unspecified atom stereocenters. The first-order valence-corrected chi connectivity index (χ1v) is 7.51. The van der Waals surface area contributed by atoms with E-state index in [4.69, 9.17) is 0 Å². The van der Waals surface area contributed by atoms with E-state index in [1.807, 2.05) is 18.2 Å². The van der Waals surface area contributed by atoms with Gasteiger partial charge in [0.1, 0.15) is 0 Å². The van der Waals surface area contributed by atoms with Crippen molar-refractivity contribution in [3.8, 4) is 5.82 Å². The molecule has 0 aliphatic heterocycles. The molecule has 0 amide bonds. The van der Waals surface area contributed by atoms with E-state index in [0.717, 1.165) is 0 Å². The normalized spacial score (nSPS) is 20.5. The highest BCUT2D eigenvalue weighted by Gasteiger charge is 2.49. The predicted molar refractivity (Wildman–Crippen MR) is 80.9 cm³/mol. The summed E-state index contributed by atoms with van der Waals surface area (Å²) in [6, 6.07) is 5.49. The Morgan fingerprint density at radius 3 is 2.62 bits per heavy atom. The topological polar surface area (TPSA) is 64.8 Å². The van der Waals surface area contributed by atoms with Gasteiger partial charge in [0.15, 0.2) is 5.82 Å². The third-order valence-electron chi connectivity index (χ3n) is 3.85. The average molecular weight is 348 g/mol. The van der Waals surface area contributed by atoms with E-state index in [9.17, 15) is 9.59 Å². The van der Waals surface area contributed by atoms with Crippen molar-refractivity contribution in [3.05, 3.63) is 41.3 Å². The molecule has 1 aliphatic carbocycles. The first kappa shape index (κ1) is 14.1. The first-order chi connectivity index (χ1) is 9.85. The molecule has 0 saturated heterocycles. The maximum atomic E-state index is 12.4. The molecule has 0 radical (unpaired) electrons. The molecule has 1 atom stereocenters. The molecule has 0 spiro atoms. The number of halogens is 1. The molecule has 21 heavy (non-hydrogen) atoms. The molecule has 0 fully saturated rings. The number of ketones is 2. The highest BCUT2D eigenvalue weighted by Crippen LogP contribution is 2.47. The zero-order chi connectivity index (χ0) is 15.4. The zero-order valence-corrected chi connectivity index (χ0v) is 13.5. The van der Waals surface area contributed by atoms with Crippen molar-refractivity contribution in [1.29, 1.82) is 0 Å². The number of aromatic nitrogens is 3. The first-order valence-electron chi connectivity index (χ1n) is 6.60. The summed E-state index contributed by atoms with van der Waals surface area (Å²) in [6.07, 6.45) is 1.67. The number of aryl methyl sites for hydroxylation is 1. The van der Waals surface area contributed by atoms with Crippen molar-refractivity contribution in [3.63, 3.8) is 0 Å². The quantitative estimate of drug-likeness (QED) is 0.587. The Labute approximate surface area is 130 Å². The smallest absolute Gasteiger partial charge is 0.232 e. The van der Waals surface area contributed by atoms with Gasteiger partial charge in [-0.15, -0.1) is 0 Å². The van der Waals surface area contributed by atoms with Gasteiger partial charge in [0.25, 0.3) is 0 Å². The summed E-state index contributed by atoms with van der Waals surface area (Å²) in [6.45, 7) is 5.27. The van der Waals surface area contributed by atoms with Gasteiger partial charge >= 0.3 is 0 Å². The molecule has 2 heterocycles. The zero-order valence-electron chi connectivity index (χ0n) is 11.9. The van der Waals surface area contributed by atoms with Crippen molar-refractivity contribution in [2.45, 2.75) is 25.6 Å². The molecule has 6 heteroatoms. The number of alkyl halides is 1. The number of carbonyl (C=O) groups is 2. The van der Waals surface area contributed by atoms with Gasteiger partial charge in [-0.2, -0.15) is 5.10 Å². The molecule has 0 bridgehead atoms. The molecule has 108 valence electrons. The summed E-state index contributed by atoms with van der Waals surface area (Å²) in [5.41, 5.74) is 0.824. The van der Waals surface area contributed by atoms with E-state index in [2.05, 4.69) is 26.0 Å². The second-order valence-corrected chi connectivity index (χ2v) is 6.60. The molecule has 0 aromatic carbocycles. The maximum Gasteiger partial charge on any atom is 0.232 e. The summed E-state index contributed by atoms with van der Waals surface area (Å²) >= 11 is 3.58. The van der Waals surface area contributed by atoms with Crippen LogP contribution < -0.4 is 0 Å². The van der Waals surface area contributed by atoms with E-state index in [1.165, 1.54) is 0 Å². The van der Waals surface area contributed by atoms with Crippen LogP contribution in [0.2, 0.25) is 0 Å². The van der Waals surface area contributed by atoms with Crippen LogP contribution in [0.4, 0.5) is 0 Å². The van der Waals surface area contributed by atoms with E-state index < -0.39 is 11.2 Å². The Morgan fingerprint density at radius 2 is 2.00 bits per heavy atom. The van der Waals surface area contributed by atoms with Gasteiger partial charge in [-0.25, -0.2) is 9.67 Å². The van der Waals surface area contributed by atoms with Gasteiger partial charge in [0.2, 0.25) is 11.6 Å². The van der Waals surface area contributed by atoms with Crippen LogP contribution in [0.3, 0.4) is 0 Å². The van der Waals surface area contributed by atoms with Gasteiger partial charge in [0.05, 0.1) is 21.8 Å². The van der Waals surface area contributed by atoms with E-state index in [0.29, 0.717) is 22.8 Å². The van der Waals surface area contributed by atoms with Crippen LogP contribution in [0.25, 0.3) is 5.82 Å². The number of nitrogens with zero attached hydrogens (tertiary/aromatic N) is 3. The van der Waals surface area contributed by atoms with Crippen LogP contribution in [0.5, 0.6) is 0 Å². The van der Waals surface area contributed by atoms with Gasteiger partial charge in [-0.05, 0) is 19.1 Å². The fraction of sp³-hybridized carbons (Fsp3) is 0.333. The van der Waals surface area contributed by atoms with Crippen molar-refractivity contribution < 1.29 is 9.59 Å². The maximum absolute atomic E-state index is 12.4. The molecule has 5 nitrogen and oxygen atoms in total. The average Bonchev–Trinajstić information content (AvgIpc) is 2.82. The number of hydrogen-bond acceptors (Lipinski definition) is 4. The van der Waals surface area contributed by atoms with Gasteiger partial charge in [-0.1, -0.05) is 35.8 Å². The Balaban J connectivity index is 2.31. The summed E-state index contributed by atoms with van der Waals surface area (Å²) in [5, 5.41) is 4.41. The summed E-state index contributed by atoms with van der Waals surface area (Å²) < 4.78 is 1.65. The second-order valence-electron chi connectivity index (χ2n) is 5.69. The number of hydrogen-bond donors (Lipinski definition) is 0. The van der Waals surface area contributed by atoms with Gasteiger partial charge in [-0.3, -0.25) is 9.59 Å². The minimum atomic E-state index is -0.816. The molecule has 2 aromatic rings. The second kappa shape index (κ2) is 4.59. The van der Waals surface area contributed by atoms with Crippen LogP contribution >= 0.6 is 15.9 Å². The molecule has 2 aromatic heterocycles. The molecule has 1 aliphatic rings. The summed E-state index contributed by atoms with van der Waals surface area (Å²) in [4.78, 5) is 28.7. The van der Waals surface area contributed by atoms with Gasteiger partial charge < -0.3 is 0 Å². The van der Waals surface area contributed by atoms with Crippen molar-refractivity contribution in [2.75, 3.05) is 0 Å². The number of pyridine rings is 1. The minimum Gasteiger partial charge on any atom is -0.290 e. The molecule has 0 N–H and O–H groups in total. The van der Waals surface area contributed by atoms with E-state index in [-0.39, 0.29) is 10.6 Å². The lowest BCUT2D eigenvalue weighted by atomic mass is 9.74. The van der Waals surface area contributed by atoms with Crippen LogP contribution in [0.1, 0.15) is 40.4 Å². The Morgan fingerprint density at radius 1 is 1.29 bits per heavy atom. The monoisotopic (exact) mass is 347 g/mol. The molecular formula is C15H14BrN3O2. The number of Topliss-reactive ketones (excluding diaryl/α,β-unsaturated/α-hetero) is 2.